The lowest BCUT2D eigenvalue weighted by Crippen LogP contribution is -2.53. The molecule has 0 aromatic heterocycles. The lowest BCUT2D eigenvalue weighted by atomic mass is 9.79. The van der Waals surface area contributed by atoms with Crippen molar-refractivity contribution in [2.24, 2.45) is 11.8 Å². The van der Waals surface area contributed by atoms with Gasteiger partial charge in [0.2, 0.25) is 5.91 Å². The summed E-state index contributed by atoms with van der Waals surface area (Å²) < 4.78 is 0. The van der Waals surface area contributed by atoms with Crippen LogP contribution >= 0.6 is 0 Å². The van der Waals surface area contributed by atoms with Crippen LogP contribution in [0.2, 0.25) is 0 Å². The minimum atomic E-state index is 0.150. The molecular formula is C14H25N3O2. The Balaban J connectivity index is 1.80. The van der Waals surface area contributed by atoms with E-state index in [9.17, 15) is 9.59 Å². The number of rotatable bonds is 3. The van der Waals surface area contributed by atoms with Gasteiger partial charge in [-0.05, 0) is 39.7 Å². The first kappa shape index (κ1) is 14.5. The Morgan fingerprint density at radius 1 is 0.947 bits per heavy atom. The largest absolute Gasteiger partial charge is 0.340 e. The molecule has 2 fully saturated rings. The second-order valence-electron chi connectivity index (χ2n) is 5.70. The highest BCUT2D eigenvalue weighted by Crippen LogP contribution is 2.30. The minimum absolute atomic E-state index is 0.150. The number of carbonyl (C=O) groups is 2. The monoisotopic (exact) mass is 267 g/mol. The van der Waals surface area contributed by atoms with Crippen LogP contribution in [-0.4, -0.2) is 54.8 Å². The van der Waals surface area contributed by atoms with E-state index in [1.807, 2.05) is 11.9 Å². The van der Waals surface area contributed by atoms with Crippen LogP contribution in [0.1, 0.15) is 32.6 Å². The minimum Gasteiger partial charge on any atom is -0.340 e. The second-order valence-corrected chi connectivity index (χ2v) is 5.70. The normalized spacial score (nSPS) is 29.3. The number of hydrogen-bond acceptors (Lipinski definition) is 4. The number of piperazine rings is 1. The van der Waals surface area contributed by atoms with Crippen molar-refractivity contribution in [1.82, 2.24) is 15.3 Å². The Morgan fingerprint density at radius 3 is 1.95 bits per heavy atom. The molecule has 0 bridgehead atoms. The summed E-state index contributed by atoms with van der Waals surface area (Å²) in [4.78, 5) is 25.8. The van der Waals surface area contributed by atoms with Crippen molar-refractivity contribution in [3.8, 4) is 0 Å². The molecule has 1 heterocycles. The molecule has 0 aromatic rings. The van der Waals surface area contributed by atoms with Gasteiger partial charge in [-0.3, -0.25) is 15.0 Å². The number of amides is 1. The number of hydrogen-bond donors (Lipinski definition) is 1. The van der Waals surface area contributed by atoms with Gasteiger partial charge in [-0.15, -0.1) is 0 Å². The Bertz CT molecular complexity index is 330. The number of ketones is 1. The van der Waals surface area contributed by atoms with E-state index in [2.05, 4.69) is 10.4 Å². The summed E-state index contributed by atoms with van der Waals surface area (Å²) in [5.41, 5.74) is 3.12. The van der Waals surface area contributed by atoms with Crippen LogP contribution in [0.5, 0.6) is 0 Å². The SMILES string of the molecule is CNN1CCN(C(=O)C2CCC(C(C)=O)CC2)CC1. The topological polar surface area (TPSA) is 52.6 Å². The first-order chi connectivity index (χ1) is 9.11. The molecule has 0 spiro atoms. The molecule has 1 saturated carbocycles. The average Bonchev–Trinajstić information content (AvgIpc) is 2.46. The van der Waals surface area contributed by atoms with Crippen molar-refractivity contribution in [3.63, 3.8) is 0 Å². The van der Waals surface area contributed by atoms with E-state index in [-0.39, 0.29) is 17.6 Å². The molecule has 5 heteroatoms. The Kier molecular flexibility index (Phi) is 4.93. The molecular weight excluding hydrogens is 242 g/mol. The highest BCUT2D eigenvalue weighted by atomic mass is 16.2. The summed E-state index contributed by atoms with van der Waals surface area (Å²) in [5.74, 6) is 0.938. The molecule has 5 nitrogen and oxygen atoms in total. The summed E-state index contributed by atoms with van der Waals surface area (Å²) in [6, 6.07) is 0. The third-order valence-electron chi connectivity index (χ3n) is 4.56. The van der Waals surface area contributed by atoms with Gasteiger partial charge < -0.3 is 4.90 Å². The fourth-order valence-corrected chi connectivity index (χ4v) is 3.16. The van der Waals surface area contributed by atoms with Gasteiger partial charge in [0.25, 0.3) is 0 Å². The molecule has 2 rings (SSSR count). The van der Waals surface area contributed by atoms with Crippen molar-refractivity contribution in [2.45, 2.75) is 32.6 Å². The molecule has 0 unspecified atom stereocenters. The van der Waals surface area contributed by atoms with E-state index in [1.54, 1.807) is 6.92 Å². The van der Waals surface area contributed by atoms with Crippen molar-refractivity contribution in [1.29, 1.82) is 0 Å². The van der Waals surface area contributed by atoms with Crippen LogP contribution in [0.25, 0.3) is 0 Å². The molecule has 1 aliphatic heterocycles. The number of hydrazine groups is 1. The van der Waals surface area contributed by atoms with Gasteiger partial charge in [-0.1, -0.05) is 0 Å². The van der Waals surface area contributed by atoms with E-state index in [0.29, 0.717) is 5.91 Å². The first-order valence-electron chi connectivity index (χ1n) is 7.33. The zero-order chi connectivity index (χ0) is 13.8. The highest BCUT2D eigenvalue weighted by Gasteiger charge is 2.31. The first-order valence-corrected chi connectivity index (χ1v) is 7.33. The number of carbonyl (C=O) groups excluding carboxylic acids is 2. The summed E-state index contributed by atoms with van der Waals surface area (Å²) in [5, 5.41) is 2.14. The summed E-state index contributed by atoms with van der Waals surface area (Å²) in [6.45, 7) is 5.08. The molecule has 108 valence electrons. The quantitative estimate of drug-likeness (QED) is 0.816. The maximum atomic E-state index is 12.4. The number of nitrogens with one attached hydrogen (secondary N) is 1. The predicted molar refractivity (Wildman–Crippen MR) is 73.3 cm³/mol. The Morgan fingerprint density at radius 2 is 1.47 bits per heavy atom. The lowest BCUT2D eigenvalue weighted by Gasteiger charge is -2.37. The fourth-order valence-electron chi connectivity index (χ4n) is 3.16. The highest BCUT2D eigenvalue weighted by molar-refractivity contribution is 5.81. The molecule has 1 amide bonds. The van der Waals surface area contributed by atoms with Gasteiger partial charge in [0, 0.05) is 38.0 Å². The van der Waals surface area contributed by atoms with Crippen LogP contribution in [0.4, 0.5) is 0 Å². The average molecular weight is 267 g/mol. The van der Waals surface area contributed by atoms with Gasteiger partial charge in [0.15, 0.2) is 0 Å². The van der Waals surface area contributed by atoms with E-state index >= 15 is 0 Å². The van der Waals surface area contributed by atoms with Crippen LogP contribution in [0, 0.1) is 11.8 Å². The molecule has 0 aromatic carbocycles. The predicted octanol–water partition coefficient (Wildman–Crippen LogP) is 0.660. The Hall–Kier alpha value is -0.940. The molecule has 1 saturated heterocycles. The van der Waals surface area contributed by atoms with Gasteiger partial charge >= 0.3 is 0 Å². The van der Waals surface area contributed by atoms with E-state index in [1.165, 1.54) is 0 Å². The van der Waals surface area contributed by atoms with E-state index < -0.39 is 0 Å². The van der Waals surface area contributed by atoms with Crippen molar-refractivity contribution >= 4 is 11.7 Å². The van der Waals surface area contributed by atoms with Gasteiger partial charge in [0.05, 0.1) is 0 Å². The maximum absolute atomic E-state index is 12.4. The summed E-state index contributed by atoms with van der Waals surface area (Å²) in [7, 11) is 1.92. The summed E-state index contributed by atoms with van der Waals surface area (Å²) >= 11 is 0. The molecule has 1 aliphatic carbocycles. The van der Waals surface area contributed by atoms with Gasteiger partial charge in [-0.2, -0.15) is 0 Å². The van der Waals surface area contributed by atoms with Crippen LogP contribution in [-0.2, 0) is 9.59 Å². The van der Waals surface area contributed by atoms with E-state index in [4.69, 9.17) is 0 Å². The zero-order valence-corrected chi connectivity index (χ0v) is 12.0. The van der Waals surface area contributed by atoms with Gasteiger partial charge in [0.1, 0.15) is 5.78 Å². The third-order valence-corrected chi connectivity index (χ3v) is 4.56. The zero-order valence-electron chi connectivity index (χ0n) is 12.0. The summed E-state index contributed by atoms with van der Waals surface area (Å²) in [6.07, 6.45) is 3.55. The molecule has 2 aliphatic rings. The lowest BCUT2D eigenvalue weighted by molar-refractivity contribution is -0.140. The third kappa shape index (κ3) is 3.54. The van der Waals surface area contributed by atoms with Crippen molar-refractivity contribution in [2.75, 3.05) is 33.2 Å². The molecule has 0 atom stereocenters. The second kappa shape index (κ2) is 6.48. The van der Waals surface area contributed by atoms with E-state index in [0.717, 1.165) is 51.9 Å². The van der Waals surface area contributed by atoms with Crippen LogP contribution in [0.15, 0.2) is 0 Å². The fraction of sp³-hybridized carbons (Fsp3) is 0.857. The molecule has 0 radical (unpaired) electrons. The van der Waals surface area contributed by atoms with Crippen molar-refractivity contribution < 1.29 is 9.59 Å². The number of Topliss-reactive ketones (excluding diaryl/α,β-unsaturated/α-hetero) is 1. The molecule has 19 heavy (non-hydrogen) atoms. The standard InChI is InChI=1S/C14H25N3O2/c1-11(18)12-3-5-13(6-4-12)14(19)16-7-9-17(15-2)10-8-16/h12-13,15H,3-10H2,1-2H3. The molecule has 1 N–H and O–H groups in total. The van der Waals surface area contributed by atoms with Crippen LogP contribution in [0.3, 0.4) is 0 Å². The van der Waals surface area contributed by atoms with Crippen molar-refractivity contribution in [3.05, 3.63) is 0 Å². The maximum Gasteiger partial charge on any atom is 0.225 e. The van der Waals surface area contributed by atoms with Crippen LogP contribution < -0.4 is 5.43 Å². The van der Waals surface area contributed by atoms with Gasteiger partial charge in [-0.25, -0.2) is 5.01 Å². The number of nitrogens with zero attached hydrogens (tertiary/aromatic N) is 2. The Labute approximate surface area is 115 Å². The smallest absolute Gasteiger partial charge is 0.225 e.